The molecule has 0 aromatic carbocycles. The molecule has 7 nitrogen and oxygen atoms in total. The molecule has 4 amide bonds. The van der Waals surface area contributed by atoms with E-state index in [1.807, 2.05) is 6.92 Å². The lowest BCUT2D eigenvalue weighted by Gasteiger charge is -2.15. The first-order valence-corrected chi connectivity index (χ1v) is 6.37. The van der Waals surface area contributed by atoms with Gasteiger partial charge in [-0.1, -0.05) is 13.0 Å². The Morgan fingerprint density at radius 3 is 2.60 bits per heavy atom. The van der Waals surface area contributed by atoms with E-state index < -0.39 is 17.8 Å². The van der Waals surface area contributed by atoms with Crippen LogP contribution in [0.3, 0.4) is 0 Å². The van der Waals surface area contributed by atoms with Crippen molar-refractivity contribution in [1.82, 2.24) is 14.8 Å². The molecule has 0 unspecified atom stereocenters. The quantitative estimate of drug-likeness (QED) is 0.636. The Bertz CT molecular complexity index is 558. The van der Waals surface area contributed by atoms with Gasteiger partial charge in [0, 0.05) is 25.4 Å². The van der Waals surface area contributed by atoms with Gasteiger partial charge in [-0.25, -0.2) is 9.78 Å². The van der Waals surface area contributed by atoms with Gasteiger partial charge in [0.2, 0.25) is 0 Å². The average Bonchev–Trinajstić information content (AvgIpc) is 2.64. The van der Waals surface area contributed by atoms with Gasteiger partial charge < -0.3 is 5.32 Å². The highest BCUT2D eigenvalue weighted by atomic mass is 16.2. The monoisotopic (exact) mass is 276 g/mol. The number of rotatable bonds is 5. The molecule has 20 heavy (non-hydrogen) atoms. The van der Waals surface area contributed by atoms with E-state index in [-0.39, 0.29) is 6.54 Å². The van der Waals surface area contributed by atoms with Crippen LogP contribution >= 0.6 is 0 Å². The van der Waals surface area contributed by atoms with E-state index in [2.05, 4.69) is 10.3 Å². The number of imide groups is 2. The van der Waals surface area contributed by atoms with Crippen molar-refractivity contribution in [3.05, 3.63) is 23.9 Å². The molecule has 2 rings (SSSR count). The van der Waals surface area contributed by atoms with Crippen LogP contribution in [0.15, 0.2) is 18.3 Å². The molecule has 2 heterocycles. The van der Waals surface area contributed by atoms with E-state index in [9.17, 15) is 14.4 Å². The molecule has 1 aliphatic heterocycles. The number of nitrogens with zero attached hydrogens (tertiary/aromatic N) is 3. The van der Waals surface area contributed by atoms with Crippen LogP contribution in [0.2, 0.25) is 0 Å². The Kier molecular flexibility index (Phi) is 3.97. The number of aromatic nitrogens is 1. The predicted molar refractivity (Wildman–Crippen MR) is 71.7 cm³/mol. The molecular weight excluding hydrogens is 260 g/mol. The highest BCUT2D eigenvalue weighted by Crippen LogP contribution is 2.18. The predicted octanol–water partition coefficient (Wildman–Crippen LogP) is 0.824. The van der Waals surface area contributed by atoms with Crippen LogP contribution in [-0.4, -0.2) is 46.2 Å². The summed E-state index contributed by atoms with van der Waals surface area (Å²) in [6.45, 7) is 2.80. The minimum absolute atomic E-state index is 0.0354. The molecule has 0 saturated carbocycles. The molecule has 1 aromatic heterocycles. The number of urea groups is 1. The van der Waals surface area contributed by atoms with Crippen molar-refractivity contribution < 1.29 is 14.4 Å². The molecule has 1 fully saturated rings. The maximum absolute atomic E-state index is 11.8. The minimum atomic E-state index is -0.804. The second-order valence-corrected chi connectivity index (χ2v) is 4.48. The van der Waals surface area contributed by atoms with Gasteiger partial charge in [-0.2, -0.15) is 0 Å². The molecule has 0 radical (unpaired) electrons. The van der Waals surface area contributed by atoms with Crippen LogP contribution in [0, 0.1) is 0 Å². The van der Waals surface area contributed by atoms with E-state index in [0.717, 1.165) is 22.8 Å². The van der Waals surface area contributed by atoms with Crippen LogP contribution in [-0.2, 0) is 16.1 Å². The van der Waals surface area contributed by atoms with Gasteiger partial charge in [-0.3, -0.25) is 19.4 Å². The summed E-state index contributed by atoms with van der Waals surface area (Å²) in [5.41, 5.74) is 0.700. The normalized spacial score (nSPS) is 15.2. The number of hydrogen-bond acceptors (Lipinski definition) is 5. The molecule has 0 bridgehead atoms. The second-order valence-electron chi connectivity index (χ2n) is 4.48. The van der Waals surface area contributed by atoms with Crippen molar-refractivity contribution in [2.24, 2.45) is 0 Å². The third-order valence-corrected chi connectivity index (χ3v) is 3.01. The van der Waals surface area contributed by atoms with E-state index in [4.69, 9.17) is 0 Å². The zero-order chi connectivity index (χ0) is 14.7. The number of nitrogens with one attached hydrogen (secondary N) is 1. The zero-order valence-corrected chi connectivity index (χ0v) is 11.4. The summed E-state index contributed by atoms with van der Waals surface area (Å²) < 4.78 is 0. The van der Waals surface area contributed by atoms with Crippen LogP contribution in [0.1, 0.15) is 18.9 Å². The third kappa shape index (κ3) is 2.47. The van der Waals surface area contributed by atoms with Gasteiger partial charge >= 0.3 is 17.8 Å². The summed E-state index contributed by atoms with van der Waals surface area (Å²) >= 11 is 0. The summed E-state index contributed by atoms with van der Waals surface area (Å²) in [5, 5.41) is 3.13. The second kappa shape index (κ2) is 5.68. The van der Waals surface area contributed by atoms with Gasteiger partial charge in [0.1, 0.15) is 5.82 Å². The van der Waals surface area contributed by atoms with E-state index in [1.165, 1.54) is 7.05 Å². The van der Waals surface area contributed by atoms with Crippen LogP contribution in [0.4, 0.5) is 10.6 Å². The van der Waals surface area contributed by atoms with Crippen molar-refractivity contribution in [3.8, 4) is 0 Å². The SMILES string of the molecule is CCCNc1ncccc1CN1C(=O)C(=O)N(C)C1=O. The topological polar surface area (TPSA) is 82.6 Å². The lowest BCUT2D eigenvalue weighted by molar-refractivity contribution is -0.143. The Labute approximate surface area is 116 Å². The molecule has 1 saturated heterocycles. The Morgan fingerprint density at radius 2 is 2.00 bits per heavy atom. The van der Waals surface area contributed by atoms with Crippen molar-refractivity contribution in [1.29, 1.82) is 0 Å². The van der Waals surface area contributed by atoms with Crippen LogP contribution < -0.4 is 5.32 Å². The van der Waals surface area contributed by atoms with Crippen molar-refractivity contribution in [2.45, 2.75) is 19.9 Å². The number of carbonyl (C=O) groups excluding carboxylic acids is 3. The molecule has 1 N–H and O–H groups in total. The maximum Gasteiger partial charge on any atom is 0.334 e. The lowest BCUT2D eigenvalue weighted by Crippen LogP contribution is -2.31. The van der Waals surface area contributed by atoms with Gasteiger partial charge in [-0.15, -0.1) is 0 Å². The largest absolute Gasteiger partial charge is 0.370 e. The standard InChI is InChI=1S/C13H16N4O3/c1-3-6-14-10-9(5-4-7-15-10)8-17-12(19)11(18)16(2)13(17)20/h4-5,7H,3,6,8H2,1-2H3,(H,14,15). The Balaban J connectivity index is 2.20. The van der Waals surface area contributed by atoms with Crippen LogP contribution in [0.5, 0.6) is 0 Å². The molecular formula is C13H16N4O3. The smallest absolute Gasteiger partial charge is 0.334 e. The first-order valence-electron chi connectivity index (χ1n) is 6.37. The fourth-order valence-electron chi connectivity index (χ4n) is 1.89. The fraction of sp³-hybridized carbons (Fsp3) is 0.385. The van der Waals surface area contributed by atoms with Crippen molar-refractivity contribution >= 4 is 23.7 Å². The molecule has 0 aliphatic carbocycles. The van der Waals surface area contributed by atoms with Crippen molar-refractivity contribution in [2.75, 3.05) is 18.9 Å². The summed E-state index contributed by atoms with van der Waals surface area (Å²) in [7, 11) is 1.29. The lowest BCUT2D eigenvalue weighted by atomic mass is 10.2. The number of hydrogen-bond donors (Lipinski definition) is 1. The minimum Gasteiger partial charge on any atom is -0.370 e. The number of anilines is 1. The number of carbonyl (C=O) groups is 3. The number of likely N-dealkylation sites (N-methyl/N-ethyl adjacent to an activating group) is 1. The summed E-state index contributed by atoms with van der Waals surface area (Å²) in [5.74, 6) is -0.985. The Hall–Kier alpha value is -2.44. The summed E-state index contributed by atoms with van der Waals surface area (Å²) in [6, 6.07) is 2.89. The molecule has 0 atom stereocenters. The highest BCUT2D eigenvalue weighted by Gasteiger charge is 2.42. The fourth-order valence-corrected chi connectivity index (χ4v) is 1.89. The highest BCUT2D eigenvalue weighted by molar-refractivity contribution is 6.44. The molecule has 1 aromatic rings. The first-order chi connectivity index (χ1) is 9.56. The Morgan fingerprint density at radius 1 is 1.25 bits per heavy atom. The van der Waals surface area contributed by atoms with E-state index in [0.29, 0.717) is 11.4 Å². The molecule has 1 aliphatic rings. The van der Waals surface area contributed by atoms with Gasteiger partial charge in [-0.05, 0) is 12.5 Å². The third-order valence-electron chi connectivity index (χ3n) is 3.01. The van der Waals surface area contributed by atoms with Gasteiger partial charge in [0.15, 0.2) is 0 Å². The van der Waals surface area contributed by atoms with Gasteiger partial charge in [0.25, 0.3) is 0 Å². The van der Waals surface area contributed by atoms with E-state index >= 15 is 0 Å². The first kappa shape index (κ1) is 14.0. The summed E-state index contributed by atoms with van der Waals surface area (Å²) in [6.07, 6.45) is 2.56. The molecule has 7 heteroatoms. The molecule has 0 spiro atoms. The van der Waals surface area contributed by atoms with E-state index in [1.54, 1.807) is 18.3 Å². The maximum atomic E-state index is 11.8. The average molecular weight is 276 g/mol. The number of amides is 4. The van der Waals surface area contributed by atoms with Gasteiger partial charge in [0.05, 0.1) is 6.54 Å². The van der Waals surface area contributed by atoms with Crippen molar-refractivity contribution in [3.63, 3.8) is 0 Å². The zero-order valence-electron chi connectivity index (χ0n) is 11.4. The molecule has 106 valence electrons. The number of pyridine rings is 1. The van der Waals surface area contributed by atoms with Crippen LogP contribution in [0.25, 0.3) is 0 Å². The summed E-state index contributed by atoms with van der Waals surface area (Å²) in [4.78, 5) is 40.9.